The van der Waals surface area contributed by atoms with E-state index in [9.17, 15) is 0 Å². The molecule has 0 amide bonds. The Bertz CT molecular complexity index is 253. The Kier molecular flexibility index (Phi) is 3.79. The summed E-state index contributed by atoms with van der Waals surface area (Å²) in [6.45, 7) is 0. The normalized spacial score (nSPS) is 8.45. The fraction of sp³-hybridized carbons (Fsp3) is 0.200. The van der Waals surface area contributed by atoms with Gasteiger partial charge in [0.1, 0.15) is 0 Å². The molecule has 0 unspecified atom stereocenters. The van der Waals surface area contributed by atoms with Crippen LogP contribution in [0.1, 0.15) is 5.56 Å². The molecule has 11 heavy (non-hydrogen) atoms. The Morgan fingerprint density at radius 1 is 1.09 bits per heavy atom. The first-order valence-corrected chi connectivity index (χ1v) is 4.61. The number of hydrogen-bond donors (Lipinski definition) is 0. The highest BCUT2D eigenvalue weighted by Crippen LogP contribution is 1.97. The van der Waals surface area contributed by atoms with E-state index in [0.29, 0.717) is 0 Å². The van der Waals surface area contributed by atoms with Crippen LogP contribution < -0.4 is 0 Å². The van der Waals surface area contributed by atoms with Crippen LogP contribution in [0.15, 0.2) is 30.3 Å². The van der Waals surface area contributed by atoms with Gasteiger partial charge in [-0.25, -0.2) is 0 Å². The van der Waals surface area contributed by atoms with Gasteiger partial charge in [-0.15, -0.1) is 0 Å². The van der Waals surface area contributed by atoms with Gasteiger partial charge >= 0.3 is 0 Å². The fourth-order valence-electron chi connectivity index (χ4n) is 0.808. The first kappa shape index (κ1) is 8.36. The van der Waals surface area contributed by atoms with Crippen LogP contribution in [0.4, 0.5) is 0 Å². The van der Waals surface area contributed by atoms with Crippen molar-refractivity contribution >= 4 is 15.9 Å². The van der Waals surface area contributed by atoms with Crippen molar-refractivity contribution < 1.29 is 0 Å². The summed E-state index contributed by atoms with van der Waals surface area (Å²) in [5.41, 5.74) is 1.28. The molecule has 1 heteroatoms. The van der Waals surface area contributed by atoms with E-state index in [1.807, 2.05) is 18.2 Å². The number of rotatable bonds is 1. The van der Waals surface area contributed by atoms with E-state index in [0.717, 1.165) is 11.8 Å². The molecule has 0 fully saturated rings. The molecule has 0 bridgehead atoms. The molecule has 0 aliphatic rings. The highest BCUT2D eigenvalue weighted by molar-refractivity contribution is 9.09. The van der Waals surface area contributed by atoms with Crippen LogP contribution in [0, 0.1) is 11.8 Å². The monoisotopic (exact) mass is 208 g/mol. The summed E-state index contributed by atoms with van der Waals surface area (Å²) in [4.78, 5) is 0. The SMILES string of the molecule is BrCC#CCc1ccccc1. The zero-order valence-corrected chi connectivity index (χ0v) is 7.76. The maximum atomic E-state index is 3.25. The number of halogens is 1. The second kappa shape index (κ2) is 4.98. The molecule has 0 saturated carbocycles. The number of alkyl halides is 1. The van der Waals surface area contributed by atoms with Gasteiger partial charge in [-0.2, -0.15) is 0 Å². The summed E-state index contributed by atoms with van der Waals surface area (Å²) in [6, 6.07) is 10.3. The molecule has 0 aliphatic heterocycles. The predicted octanol–water partition coefficient (Wildman–Crippen LogP) is 2.63. The smallest absolute Gasteiger partial charge is 0.0645 e. The fourth-order valence-corrected chi connectivity index (χ4v) is 1.01. The molecule has 0 aromatic heterocycles. The molecule has 56 valence electrons. The predicted molar refractivity (Wildman–Crippen MR) is 51.7 cm³/mol. The lowest BCUT2D eigenvalue weighted by Crippen LogP contribution is -1.78. The highest BCUT2D eigenvalue weighted by Gasteiger charge is 1.83. The summed E-state index contributed by atoms with van der Waals surface area (Å²) >= 11 is 3.25. The molecule has 0 aliphatic carbocycles. The van der Waals surface area contributed by atoms with E-state index in [1.165, 1.54) is 5.56 Å². The Labute approximate surface area is 75.8 Å². The summed E-state index contributed by atoms with van der Waals surface area (Å²) in [6.07, 6.45) is 0.854. The lowest BCUT2D eigenvalue weighted by atomic mass is 10.2. The van der Waals surface area contributed by atoms with Crippen LogP contribution in [0.2, 0.25) is 0 Å². The van der Waals surface area contributed by atoms with E-state index >= 15 is 0 Å². The quantitative estimate of drug-likeness (QED) is 0.492. The van der Waals surface area contributed by atoms with Gasteiger partial charge in [0.2, 0.25) is 0 Å². The second-order valence-electron chi connectivity index (χ2n) is 2.15. The van der Waals surface area contributed by atoms with Crippen molar-refractivity contribution in [2.24, 2.45) is 0 Å². The van der Waals surface area contributed by atoms with E-state index < -0.39 is 0 Å². The molecule has 1 aromatic rings. The Morgan fingerprint density at radius 2 is 1.82 bits per heavy atom. The lowest BCUT2D eigenvalue weighted by molar-refractivity contribution is 1.32. The van der Waals surface area contributed by atoms with Crippen molar-refractivity contribution in [2.45, 2.75) is 6.42 Å². The second-order valence-corrected chi connectivity index (χ2v) is 2.71. The Balaban J connectivity index is 2.52. The van der Waals surface area contributed by atoms with Crippen molar-refractivity contribution in [2.75, 3.05) is 5.33 Å². The van der Waals surface area contributed by atoms with Gasteiger partial charge in [0.05, 0.1) is 5.33 Å². The van der Waals surface area contributed by atoms with Crippen LogP contribution in [0.5, 0.6) is 0 Å². The minimum absolute atomic E-state index is 0.764. The first-order valence-electron chi connectivity index (χ1n) is 3.49. The van der Waals surface area contributed by atoms with E-state index in [-0.39, 0.29) is 0 Å². The summed E-state index contributed by atoms with van der Waals surface area (Å²) in [7, 11) is 0. The largest absolute Gasteiger partial charge is 0.0976 e. The average molecular weight is 209 g/mol. The number of hydrogen-bond acceptors (Lipinski definition) is 0. The van der Waals surface area contributed by atoms with Crippen LogP contribution in [-0.4, -0.2) is 5.33 Å². The standard InChI is InChI=1S/C10H9Br/c11-9-5-4-8-10-6-2-1-3-7-10/h1-3,6-7H,8-9H2. The van der Waals surface area contributed by atoms with E-state index in [2.05, 4.69) is 39.9 Å². The maximum Gasteiger partial charge on any atom is 0.0645 e. The molecule has 0 nitrogen and oxygen atoms in total. The zero-order valence-electron chi connectivity index (χ0n) is 6.18. The molecule has 0 atom stereocenters. The third-order valence-electron chi connectivity index (χ3n) is 1.33. The first-order chi connectivity index (χ1) is 5.43. The van der Waals surface area contributed by atoms with Crippen LogP contribution in [-0.2, 0) is 6.42 Å². The van der Waals surface area contributed by atoms with Crippen LogP contribution >= 0.6 is 15.9 Å². The molecule has 0 heterocycles. The maximum absolute atomic E-state index is 3.25. The third kappa shape index (κ3) is 3.25. The molecular formula is C10H9Br. The summed E-state index contributed by atoms with van der Waals surface area (Å²) in [5.74, 6) is 6.02. The van der Waals surface area contributed by atoms with Crippen molar-refractivity contribution in [3.05, 3.63) is 35.9 Å². The average Bonchev–Trinajstić information content (AvgIpc) is 2.07. The minimum atomic E-state index is 0.764. The van der Waals surface area contributed by atoms with Crippen molar-refractivity contribution in [3.63, 3.8) is 0 Å². The number of benzene rings is 1. The van der Waals surface area contributed by atoms with E-state index in [4.69, 9.17) is 0 Å². The lowest BCUT2D eigenvalue weighted by Gasteiger charge is -1.90. The van der Waals surface area contributed by atoms with Crippen molar-refractivity contribution in [3.8, 4) is 11.8 Å². The molecule has 1 rings (SSSR count). The van der Waals surface area contributed by atoms with Gasteiger partial charge in [-0.3, -0.25) is 0 Å². The van der Waals surface area contributed by atoms with E-state index in [1.54, 1.807) is 0 Å². The van der Waals surface area contributed by atoms with Gasteiger partial charge in [-0.05, 0) is 5.56 Å². The molecule has 1 aromatic carbocycles. The third-order valence-corrected chi connectivity index (χ3v) is 1.61. The highest BCUT2D eigenvalue weighted by atomic mass is 79.9. The molecule has 0 radical (unpaired) electrons. The van der Waals surface area contributed by atoms with Crippen LogP contribution in [0.25, 0.3) is 0 Å². The minimum Gasteiger partial charge on any atom is -0.0976 e. The Hall–Kier alpha value is -0.740. The summed E-state index contributed by atoms with van der Waals surface area (Å²) in [5, 5.41) is 0.764. The molecule has 0 spiro atoms. The zero-order chi connectivity index (χ0) is 7.94. The van der Waals surface area contributed by atoms with Gasteiger partial charge in [0.25, 0.3) is 0 Å². The topological polar surface area (TPSA) is 0 Å². The van der Waals surface area contributed by atoms with Crippen molar-refractivity contribution in [1.82, 2.24) is 0 Å². The van der Waals surface area contributed by atoms with Crippen molar-refractivity contribution in [1.29, 1.82) is 0 Å². The van der Waals surface area contributed by atoms with Gasteiger partial charge in [0, 0.05) is 6.42 Å². The summed E-state index contributed by atoms with van der Waals surface area (Å²) < 4.78 is 0. The van der Waals surface area contributed by atoms with Gasteiger partial charge in [0.15, 0.2) is 0 Å². The molecule has 0 saturated heterocycles. The Morgan fingerprint density at radius 3 is 2.45 bits per heavy atom. The van der Waals surface area contributed by atoms with Gasteiger partial charge < -0.3 is 0 Å². The van der Waals surface area contributed by atoms with Crippen LogP contribution in [0.3, 0.4) is 0 Å². The molecular weight excluding hydrogens is 200 g/mol. The molecule has 0 N–H and O–H groups in total. The van der Waals surface area contributed by atoms with Gasteiger partial charge in [-0.1, -0.05) is 58.1 Å².